The Morgan fingerprint density at radius 3 is 2.48 bits per heavy atom. The lowest BCUT2D eigenvalue weighted by Gasteiger charge is -2.08. The van der Waals surface area contributed by atoms with Gasteiger partial charge in [0.05, 0.1) is 0 Å². The molecule has 0 aliphatic rings. The molecule has 4 heteroatoms. The van der Waals surface area contributed by atoms with Gasteiger partial charge in [-0.25, -0.2) is 0 Å². The molecule has 0 aliphatic carbocycles. The first-order valence-electron chi connectivity index (χ1n) is 7.51. The smallest absolute Gasteiger partial charge is 0.257 e. The van der Waals surface area contributed by atoms with Crippen LogP contribution in [-0.2, 0) is 6.54 Å². The molecule has 4 nitrogen and oxygen atoms in total. The van der Waals surface area contributed by atoms with Crippen LogP contribution in [-0.4, -0.2) is 11.1 Å². The summed E-state index contributed by atoms with van der Waals surface area (Å²) < 4.78 is 5.24. The van der Waals surface area contributed by atoms with E-state index in [1.54, 1.807) is 6.92 Å². The lowest BCUT2D eigenvalue weighted by atomic mass is 10.1. The highest BCUT2D eigenvalue weighted by Crippen LogP contribution is 2.25. The maximum Gasteiger partial charge on any atom is 0.257 e. The molecule has 0 bridgehead atoms. The van der Waals surface area contributed by atoms with Gasteiger partial charge in [0.25, 0.3) is 5.91 Å². The number of hydrogen-bond acceptors (Lipinski definition) is 3. The Hall–Kier alpha value is -2.88. The van der Waals surface area contributed by atoms with Crippen molar-refractivity contribution >= 4 is 5.91 Å². The number of rotatable bonds is 4. The van der Waals surface area contributed by atoms with Crippen LogP contribution in [0.4, 0.5) is 0 Å². The van der Waals surface area contributed by atoms with E-state index in [1.807, 2.05) is 61.5 Å². The monoisotopic (exact) mass is 306 g/mol. The van der Waals surface area contributed by atoms with Crippen LogP contribution < -0.4 is 5.32 Å². The van der Waals surface area contributed by atoms with Gasteiger partial charge in [-0.15, -0.1) is 0 Å². The average molecular weight is 306 g/mol. The standard InChI is InChI=1S/C19H18N2O2/c1-13-8-6-7-11-16(13)12-20-19(22)17-14(2)23-21-18(17)15-9-4-3-5-10-15/h3-11H,12H2,1-2H3,(H,20,22). The molecule has 0 saturated heterocycles. The fourth-order valence-corrected chi connectivity index (χ4v) is 2.50. The molecule has 0 atom stereocenters. The van der Waals surface area contributed by atoms with E-state index in [4.69, 9.17) is 4.52 Å². The first-order valence-corrected chi connectivity index (χ1v) is 7.51. The second-order valence-corrected chi connectivity index (χ2v) is 5.44. The highest BCUT2D eigenvalue weighted by molar-refractivity contribution is 6.00. The van der Waals surface area contributed by atoms with E-state index in [1.165, 1.54) is 0 Å². The lowest BCUT2D eigenvalue weighted by Crippen LogP contribution is -2.24. The van der Waals surface area contributed by atoms with E-state index < -0.39 is 0 Å². The van der Waals surface area contributed by atoms with Gasteiger partial charge in [-0.05, 0) is 25.0 Å². The quantitative estimate of drug-likeness (QED) is 0.795. The molecule has 0 unspecified atom stereocenters. The summed E-state index contributed by atoms with van der Waals surface area (Å²) in [6.45, 7) is 4.26. The van der Waals surface area contributed by atoms with Crippen molar-refractivity contribution in [2.45, 2.75) is 20.4 Å². The summed E-state index contributed by atoms with van der Waals surface area (Å²) in [4.78, 5) is 12.6. The molecule has 1 heterocycles. The van der Waals surface area contributed by atoms with Crippen LogP contribution in [0.15, 0.2) is 59.1 Å². The van der Waals surface area contributed by atoms with Gasteiger partial charge < -0.3 is 9.84 Å². The number of amides is 1. The predicted octanol–water partition coefficient (Wildman–Crippen LogP) is 3.89. The first-order chi connectivity index (χ1) is 11.2. The zero-order valence-corrected chi connectivity index (χ0v) is 13.2. The zero-order valence-electron chi connectivity index (χ0n) is 13.2. The van der Waals surface area contributed by atoms with Crippen molar-refractivity contribution < 1.29 is 9.32 Å². The molecule has 0 spiro atoms. The molecular formula is C19H18N2O2. The van der Waals surface area contributed by atoms with Crippen LogP contribution in [0, 0.1) is 13.8 Å². The molecule has 0 aliphatic heterocycles. The van der Waals surface area contributed by atoms with Gasteiger partial charge in [0.2, 0.25) is 0 Å². The van der Waals surface area contributed by atoms with Crippen molar-refractivity contribution in [1.82, 2.24) is 10.5 Å². The summed E-state index contributed by atoms with van der Waals surface area (Å²) in [5.74, 6) is 0.344. The number of carbonyl (C=O) groups excluding carboxylic acids is 1. The summed E-state index contributed by atoms with van der Waals surface area (Å²) in [5, 5.41) is 7.00. The number of benzene rings is 2. The number of carbonyl (C=O) groups is 1. The number of aryl methyl sites for hydroxylation is 2. The van der Waals surface area contributed by atoms with Crippen LogP contribution in [0.5, 0.6) is 0 Å². The minimum atomic E-state index is -0.175. The van der Waals surface area contributed by atoms with E-state index in [0.29, 0.717) is 23.6 Å². The van der Waals surface area contributed by atoms with Crippen LogP contribution in [0.1, 0.15) is 27.2 Å². The minimum Gasteiger partial charge on any atom is -0.360 e. The topological polar surface area (TPSA) is 55.1 Å². The summed E-state index contributed by atoms with van der Waals surface area (Å²) >= 11 is 0. The van der Waals surface area contributed by atoms with Crippen molar-refractivity contribution in [2.75, 3.05) is 0 Å². The van der Waals surface area contributed by atoms with Crippen LogP contribution in [0.3, 0.4) is 0 Å². The maximum absolute atomic E-state index is 12.6. The van der Waals surface area contributed by atoms with Crippen molar-refractivity contribution in [3.63, 3.8) is 0 Å². The summed E-state index contributed by atoms with van der Waals surface area (Å²) in [5.41, 5.74) is 4.18. The third-order valence-corrected chi connectivity index (χ3v) is 3.84. The highest BCUT2D eigenvalue weighted by atomic mass is 16.5. The Balaban J connectivity index is 1.83. The second-order valence-electron chi connectivity index (χ2n) is 5.44. The van der Waals surface area contributed by atoms with E-state index in [9.17, 15) is 4.79 Å². The van der Waals surface area contributed by atoms with Gasteiger partial charge in [0, 0.05) is 12.1 Å². The van der Waals surface area contributed by atoms with Crippen molar-refractivity contribution in [2.24, 2.45) is 0 Å². The molecule has 1 N–H and O–H groups in total. The van der Waals surface area contributed by atoms with Gasteiger partial charge in [0.1, 0.15) is 17.0 Å². The van der Waals surface area contributed by atoms with Gasteiger partial charge in [-0.3, -0.25) is 4.79 Å². The Labute approximate surface area is 135 Å². The van der Waals surface area contributed by atoms with E-state index >= 15 is 0 Å². The second kappa shape index (κ2) is 6.48. The average Bonchev–Trinajstić information content (AvgIpc) is 2.96. The van der Waals surface area contributed by atoms with Gasteiger partial charge in [-0.1, -0.05) is 59.8 Å². The normalized spacial score (nSPS) is 10.5. The predicted molar refractivity (Wildman–Crippen MR) is 89.0 cm³/mol. The summed E-state index contributed by atoms with van der Waals surface area (Å²) in [6.07, 6.45) is 0. The van der Waals surface area contributed by atoms with Gasteiger partial charge in [-0.2, -0.15) is 0 Å². The number of aromatic nitrogens is 1. The Bertz CT molecular complexity index is 822. The molecule has 2 aromatic carbocycles. The fraction of sp³-hybridized carbons (Fsp3) is 0.158. The van der Waals surface area contributed by atoms with Crippen LogP contribution in [0.25, 0.3) is 11.3 Å². The van der Waals surface area contributed by atoms with Crippen LogP contribution >= 0.6 is 0 Å². The molecule has 0 fully saturated rings. The van der Waals surface area contributed by atoms with Crippen LogP contribution in [0.2, 0.25) is 0 Å². The number of nitrogens with one attached hydrogen (secondary N) is 1. The Morgan fingerprint density at radius 2 is 1.74 bits per heavy atom. The summed E-state index contributed by atoms with van der Waals surface area (Å²) in [6, 6.07) is 17.6. The van der Waals surface area contributed by atoms with Gasteiger partial charge in [0.15, 0.2) is 0 Å². The molecule has 1 amide bonds. The SMILES string of the molecule is Cc1ccccc1CNC(=O)c1c(-c2ccccc2)noc1C. The third kappa shape index (κ3) is 3.16. The largest absolute Gasteiger partial charge is 0.360 e. The molecule has 0 radical (unpaired) electrons. The molecule has 3 aromatic rings. The Morgan fingerprint density at radius 1 is 1.04 bits per heavy atom. The maximum atomic E-state index is 12.6. The van der Waals surface area contributed by atoms with Crippen molar-refractivity contribution in [3.05, 3.63) is 77.0 Å². The fourth-order valence-electron chi connectivity index (χ4n) is 2.50. The van der Waals surface area contributed by atoms with Crippen molar-refractivity contribution in [3.8, 4) is 11.3 Å². The lowest BCUT2D eigenvalue weighted by molar-refractivity contribution is 0.0950. The molecule has 116 valence electrons. The molecular weight excluding hydrogens is 288 g/mol. The zero-order chi connectivity index (χ0) is 16.2. The minimum absolute atomic E-state index is 0.175. The molecule has 3 rings (SSSR count). The molecule has 0 saturated carbocycles. The Kier molecular flexibility index (Phi) is 4.24. The molecule has 1 aromatic heterocycles. The van der Waals surface area contributed by atoms with Crippen molar-refractivity contribution in [1.29, 1.82) is 0 Å². The number of nitrogens with zero attached hydrogens (tertiary/aromatic N) is 1. The van der Waals surface area contributed by atoms with E-state index in [-0.39, 0.29) is 5.91 Å². The van der Waals surface area contributed by atoms with E-state index in [2.05, 4.69) is 10.5 Å². The number of hydrogen-bond donors (Lipinski definition) is 1. The third-order valence-electron chi connectivity index (χ3n) is 3.84. The first kappa shape index (κ1) is 15.0. The van der Waals surface area contributed by atoms with Gasteiger partial charge >= 0.3 is 0 Å². The summed E-state index contributed by atoms with van der Waals surface area (Å²) in [7, 11) is 0. The van der Waals surface area contributed by atoms with E-state index in [0.717, 1.165) is 16.7 Å². The molecule has 23 heavy (non-hydrogen) atoms. The highest BCUT2D eigenvalue weighted by Gasteiger charge is 2.21.